The van der Waals surface area contributed by atoms with E-state index in [9.17, 15) is 14.0 Å². The number of amides is 1. The third-order valence-electron chi connectivity index (χ3n) is 4.51. The molecule has 0 saturated carbocycles. The van der Waals surface area contributed by atoms with Crippen LogP contribution in [0.4, 0.5) is 4.39 Å². The number of hydrogen-bond acceptors (Lipinski definition) is 4. The largest absolute Gasteiger partial charge is 0.494 e. The molecule has 30 heavy (non-hydrogen) atoms. The van der Waals surface area contributed by atoms with Gasteiger partial charge in [-0.05, 0) is 42.3 Å². The molecule has 1 atom stereocenters. The third kappa shape index (κ3) is 5.67. The average molecular weight is 430 g/mol. The number of aromatic amines is 1. The molecule has 0 spiro atoms. The Hall–Kier alpha value is -3.19. The van der Waals surface area contributed by atoms with E-state index >= 15 is 0 Å². The van der Waals surface area contributed by atoms with Crippen molar-refractivity contribution < 1.29 is 13.9 Å². The van der Waals surface area contributed by atoms with Gasteiger partial charge in [-0.15, -0.1) is 0 Å². The van der Waals surface area contributed by atoms with Crippen molar-refractivity contribution in [2.24, 2.45) is 0 Å². The number of H-pyrrole nitrogens is 1. The number of nitrogens with one attached hydrogen (secondary N) is 2. The summed E-state index contributed by atoms with van der Waals surface area (Å²) in [6, 6.07) is 12.4. The standard InChI is InChI=1S/C22H21ClFN3O3/c1-13-25-17(12-22(29)26-13)11-19(15-4-6-16(23)7-5-15)27-21(28)10-14-3-8-20(30-2)18(24)9-14/h3-9,12,19H,10-11H2,1-2H3,(H,27,28)(H,25,26,29)/t19-/m1/s1. The van der Waals surface area contributed by atoms with Crippen LogP contribution in [0.2, 0.25) is 5.02 Å². The first-order valence-corrected chi connectivity index (χ1v) is 9.66. The number of halogens is 2. The van der Waals surface area contributed by atoms with Crippen molar-refractivity contribution >= 4 is 17.5 Å². The molecule has 8 heteroatoms. The molecule has 0 saturated heterocycles. The van der Waals surface area contributed by atoms with E-state index in [1.54, 1.807) is 37.3 Å². The van der Waals surface area contributed by atoms with Crippen molar-refractivity contribution in [2.45, 2.75) is 25.8 Å². The highest BCUT2D eigenvalue weighted by Gasteiger charge is 2.18. The molecule has 156 valence electrons. The lowest BCUT2D eigenvalue weighted by atomic mass is 10.0. The van der Waals surface area contributed by atoms with E-state index in [0.717, 1.165) is 5.56 Å². The fourth-order valence-corrected chi connectivity index (χ4v) is 3.28. The van der Waals surface area contributed by atoms with Gasteiger partial charge < -0.3 is 15.0 Å². The van der Waals surface area contributed by atoms with Gasteiger partial charge in [0.1, 0.15) is 5.82 Å². The predicted molar refractivity (Wildman–Crippen MR) is 112 cm³/mol. The van der Waals surface area contributed by atoms with E-state index in [4.69, 9.17) is 16.3 Å². The second-order valence-electron chi connectivity index (χ2n) is 6.84. The van der Waals surface area contributed by atoms with Crippen molar-refractivity contribution in [2.75, 3.05) is 7.11 Å². The summed E-state index contributed by atoms with van der Waals surface area (Å²) in [5.41, 5.74) is 1.62. The van der Waals surface area contributed by atoms with Gasteiger partial charge in [0.05, 0.1) is 25.3 Å². The molecule has 3 rings (SSSR count). The SMILES string of the molecule is COc1ccc(CC(=O)N[C@H](Cc2cc(=O)[nH]c(C)n2)c2ccc(Cl)cc2)cc1F. The Balaban J connectivity index is 1.80. The molecular formula is C22H21ClFN3O3. The second kappa shape index (κ2) is 9.54. The highest BCUT2D eigenvalue weighted by atomic mass is 35.5. The minimum absolute atomic E-state index is 0.00711. The van der Waals surface area contributed by atoms with Crippen LogP contribution in [-0.2, 0) is 17.6 Å². The number of methoxy groups -OCH3 is 1. The first-order valence-electron chi connectivity index (χ1n) is 9.28. The van der Waals surface area contributed by atoms with Gasteiger partial charge in [-0.2, -0.15) is 0 Å². The first kappa shape index (κ1) is 21.5. The number of carbonyl (C=O) groups is 1. The summed E-state index contributed by atoms with van der Waals surface area (Å²) in [4.78, 5) is 31.4. The molecule has 0 unspecified atom stereocenters. The topological polar surface area (TPSA) is 84.1 Å². The van der Waals surface area contributed by atoms with Gasteiger partial charge in [-0.25, -0.2) is 9.37 Å². The Kier molecular flexibility index (Phi) is 6.84. The summed E-state index contributed by atoms with van der Waals surface area (Å²) in [5, 5.41) is 3.52. The second-order valence-corrected chi connectivity index (χ2v) is 7.28. The molecule has 1 heterocycles. The fraction of sp³-hybridized carbons (Fsp3) is 0.227. The van der Waals surface area contributed by atoms with Crippen LogP contribution in [0.25, 0.3) is 0 Å². The summed E-state index contributed by atoms with van der Waals surface area (Å²) in [6.07, 6.45) is 0.307. The lowest BCUT2D eigenvalue weighted by Gasteiger charge is -2.19. The van der Waals surface area contributed by atoms with Crippen LogP contribution >= 0.6 is 11.6 Å². The van der Waals surface area contributed by atoms with Crippen LogP contribution in [-0.4, -0.2) is 23.0 Å². The van der Waals surface area contributed by atoms with E-state index in [2.05, 4.69) is 15.3 Å². The van der Waals surface area contributed by atoms with Gasteiger partial charge >= 0.3 is 0 Å². The lowest BCUT2D eigenvalue weighted by molar-refractivity contribution is -0.121. The zero-order chi connectivity index (χ0) is 21.7. The molecule has 2 aromatic carbocycles. The van der Waals surface area contributed by atoms with Crippen LogP contribution in [0.3, 0.4) is 0 Å². The molecule has 6 nitrogen and oxygen atoms in total. The molecular weight excluding hydrogens is 409 g/mol. The molecule has 0 aliphatic carbocycles. The average Bonchev–Trinajstić information content (AvgIpc) is 2.67. The minimum Gasteiger partial charge on any atom is -0.494 e. The quantitative estimate of drug-likeness (QED) is 0.602. The fourth-order valence-electron chi connectivity index (χ4n) is 3.15. The number of nitrogens with zero attached hydrogens (tertiary/aromatic N) is 1. The summed E-state index contributed by atoms with van der Waals surface area (Å²) in [6.45, 7) is 1.69. The molecule has 1 amide bonds. The predicted octanol–water partition coefficient (Wildman–Crippen LogP) is 3.52. The van der Waals surface area contributed by atoms with Gasteiger partial charge in [0.25, 0.3) is 5.56 Å². The normalized spacial score (nSPS) is 11.7. The van der Waals surface area contributed by atoms with Crippen LogP contribution in [0.15, 0.2) is 53.3 Å². The zero-order valence-electron chi connectivity index (χ0n) is 16.5. The Bertz CT molecular complexity index is 1100. The number of carbonyl (C=O) groups excluding carboxylic acids is 1. The molecule has 0 fully saturated rings. The van der Waals surface area contributed by atoms with E-state index in [0.29, 0.717) is 28.5 Å². The molecule has 2 N–H and O–H groups in total. The summed E-state index contributed by atoms with van der Waals surface area (Å²) in [5.74, 6) is -0.206. The van der Waals surface area contributed by atoms with Crippen LogP contribution < -0.4 is 15.6 Å². The minimum atomic E-state index is -0.528. The Morgan fingerprint density at radius 1 is 1.23 bits per heavy atom. The Morgan fingerprint density at radius 2 is 1.97 bits per heavy atom. The van der Waals surface area contributed by atoms with Gasteiger partial charge in [-0.1, -0.05) is 29.8 Å². The monoisotopic (exact) mass is 429 g/mol. The molecule has 0 aliphatic rings. The van der Waals surface area contributed by atoms with E-state index in [-0.39, 0.29) is 23.6 Å². The van der Waals surface area contributed by atoms with Crippen molar-refractivity contribution in [3.8, 4) is 5.75 Å². The third-order valence-corrected chi connectivity index (χ3v) is 4.77. The highest BCUT2D eigenvalue weighted by molar-refractivity contribution is 6.30. The van der Waals surface area contributed by atoms with Gasteiger partial charge in [-0.3, -0.25) is 9.59 Å². The number of benzene rings is 2. The van der Waals surface area contributed by atoms with Gasteiger partial charge in [0, 0.05) is 17.5 Å². The molecule has 3 aromatic rings. The molecule has 0 radical (unpaired) electrons. The van der Waals surface area contributed by atoms with Crippen molar-refractivity contribution in [1.29, 1.82) is 0 Å². The summed E-state index contributed by atoms with van der Waals surface area (Å²) < 4.78 is 18.8. The highest BCUT2D eigenvalue weighted by Crippen LogP contribution is 2.21. The first-order chi connectivity index (χ1) is 14.3. The maximum absolute atomic E-state index is 13.9. The van der Waals surface area contributed by atoms with Crippen molar-refractivity contribution in [1.82, 2.24) is 15.3 Å². The molecule has 1 aromatic heterocycles. The Morgan fingerprint density at radius 3 is 2.60 bits per heavy atom. The number of aryl methyl sites for hydroxylation is 1. The molecule has 0 aliphatic heterocycles. The number of ether oxygens (including phenoxy) is 1. The molecule has 0 bridgehead atoms. The number of aromatic nitrogens is 2. The van der Waals surface area contributed by atoms with Gasteiger partial charge in [0.15, 0.2) is 11.6 Å². The maximum Gasteiger partial charge on any atom is 0.251 e. The van der Waals surface area contributed by atoms with E-state index in [1.807, 2.05) is 0 Å². The van der Waals surface area contributed by atoms with Crippen molar-refractivity contribution in [3.63, 3.8) is 0 Å². The number of hydrogen-bond donors (Lipinski definition) is 2. The maximum atomic E-state index is 13.9. The van der Waals surface area contributed by atoms with Gasteiger partial charge in [0.2, 0.25) is 5.91 Å². The summed E-state index contributed by atoms with van der Waals surface area (Å²) >= 11 is 5.98. The Labute approximate surface area is 178 Å². The van der Waals surface area contributed by atoms with Crippen molar-refractivity contribution in [3.05, 3.63) is 92.4 Å². The zero-order valence-corrected chi connectivity index (χ0v) is 17.3. The van der Waals surface area contributed by atoms with Crippen LogP contribution in [0.1, 0.15) is 28.7 Å². The lowest BCUT2D eigenvalue weighted by Crippen LogP contribution is -2.31. The van der Waals surface area contributed by atoms with E-state index < -0.39 is 11.9 Å². The summed E-state index contributed by atoms with van der Waals surface area (Å²) in [7, 11) is 1.38. The number of rotatable bonds is 7. The van der Waals surface area contributed by atoms with Crippen LogP contribution in [0.5, 0.6) is 5.75 Å². The van der Waals surface area contributed by atoms with Crippen LogP contribution in [0, 0.1) is 12.7 Å². The van der Waals surface area contributed by atoms with E-state index in [1.165, 1.54) is 25.3 Å². The smallest absolute Gasteiger partial charge is 0.251 e.